The summed E-state index contributed by atoms with van der Waals surface area (Å²) in [6.45, 7) is 3.75. The third kappa shape index (κ3) is 2.78. The summed E-state index contributed by atoms with van der Waals surface area (Å²) in [5, 5.41) is 0. The van der Waals surface area contributed by atoms with Crippen molar-refractivity contribution in [2.24, 2.45) is 11.1 Å². The molecule has 1 unspecified atom stereocenters. The summed E-state index contributed by atoms with van der Waals surface area (Å²) in [4.78, 5) is 24.1. The lowest BCUT2D eigenvalue weighted by Gasteiger charge is -2.35. The Bertz CT molecular complexity index is 438. The highest BCUT2D eigenvalue weighted by Crippen LogP contribution is 2.42. The van der Waals surface area contributed by atoms with E-state index in [1.165, 1.54) is 7.11 Å². The molecule has 0 aromatic heterocycles. The first kappa shape index (κ1) is 15.2. The van der Waals surface area contributed by atoms with Crippen LogP contribution in [0.15, 0.2) is 30.3 Å². The molecule has 2 N–H and O–H groups in total. The van der Waals surface area contributed by atoms with Crippen LogP contribution in [0.25, 0.3) is 0 Å². The molecular formula is C15H21NO3. The lowest BCUT2D eigenvalue weighted by molar-refractivity contribution is -0.157. The SMILES string of the molecule is CCC(CC)(C(=O)OC)C(C(N)=O)c1ccccc1. The zero-order chi connectivity index (χ0) is 14.5. The second kappa shape index (κ2) is 6.36. The van der Waals surface area contributed by atoms with E-state index in [9.17, 15) is 9.59 Å². The van der Waals surface area contributed by atoms with Gasteiger partial charge in [0.05, 0.1) is 18.4 Å². The first-order valence-electron chi connectivity index (χ1n) is 6.46. The van der Waals surface area contributed by atoms with E-state index in [0.29, 0.717) is 12.8 Å². The van der Waals surface area contributed by atoms with E-state index in [2.05, 4.69) is 0 Å². The van der Waals surface area contributed by atoms with Crippen molar-refractivity contribution in [3.63, 3.8) is 0 Å². The largest absolute Gasteiger partial charge is 0.469 e. The van der Waals surface area contributed by atoms with Crippen molar-refractivity contribution < 1.29 is 14.3 Å². The number of nitrogens with two attached hydrogens (primary N) is 1. The Morgan fingerprint density at radius 2 is 1.74 bits per heavy atom. The second-order valence-corrected chi connectivity index (χ2v) is 4.60. The van der Waals surface area contributed by atoms with Gasteiger partial charge in [-0.25, -0.2) is 0 Å². The van der Waals surface area contributed by atoms with Crippen LogP contribution in [0.3, 0.4) is 0 Å². The number of hydrogen-bond acceptors (Lipinski definition) is 3. The molecule has 0 fully saturated rings. The maximum absolute atomic E-state index is 12.2. The van der Waals surface area contributed by atoms with E-state index in [0.717, 1.165) is 5.56 Å². The summed E-state index contributed by atoms with van der Waals surface area (Å²) < 4.78 is 4.90. The van der Waals surface area contributed by atoms with Crippen LogP contribution in [0.1, 0.15) is 38.2 Å². The number of methoxy groups -OCH3 is 1. The molecule has 0 bridgehead atoms. The quantitative estimate of drug-likeness (QED) is 0.800. The van der Waals surface area contributed by atoms with Gasteiger partial charge >= 0.3 is 5.97 Å². The van der Waals surface area contributed by atoms with Gasteiger partial charge in [0, 0.05) is 0 Å². The third-order valence-electron chi connectivity index (χ3n) is 3.82. The van der Waals surface area contributed by atoms with Gasteiger partial charge in [0.25, 0.3) is 0 Å². The van der Waals surface area contributed by atoms with Crippen LogP contribution in [0.4, 0.5) is 0 Å². The molecule has 1 aromatic carbocycles. The molecule has 0 aliphatic heterocycles. The number of rotatable bonds is 6. The average Bonchev–Trinajstić information content (AvgIpc) is 2.44. The Labute approximate surface area is 113 Å². The fourth-order valence-electron chi connectivity index (χ4n) is 2.67. The van der Waals surface area contributed by atoms with Crippen LogP contribution >= 0.6 is 0 Å². The van der Waals surface area contributed by atoms with Gasteiger partial charge in [0.15, 0.2) is 0 Å². The fourth-order valence-corrected chi connectivity index (χ4v) is 2.67. The molecule has 1 amide bonds. The summed E-state index contributed by atoms with van der Waals surface area (Å²) in [6.07, 6.45) is 0.997. The van der Waals surface area contributed by atoms with Crippen LogP contribution in [0.5, 0.6) is 0 Å². The maximum Gasteiger partial charge on any atom is 0.312 e. The summed E-state index contributed by atoms with van der Waals surface area (Å²) in [6, 6.07) is 9.16. The number of hydrogen-bond donors (Lipinski definition) is 1. The topological polar surface area (TPSA) is 69.4 Å². The minimum absolute atomic E-state index is 0.384. The number of carbonyl (C=O) groups excluding carboxylic acids is 2. The number of carbonyl (C=O) groups is 2. The fraction of sp³-hybridized carbons (Fsp3) is 0.467. The van der Waals surface area contributed by atoms with Crippen molar-refractivity contribution in [2.75, 3.05) is 7.11 Å². The Morgan fingerprint density at radius 3 is 2.11 bits per heavy atom. The number of primary amides is 1. The minimum atomic E-state index is -0.901. The van der Waals surface area contributed by atoms with Crippen LogP contribution in [0.2, 0.25) is 0 Å². The predicted molar refractivity (Wildman–Crippen MR) is 73.4 cm³/mol. The Hall–Kier alpha value is -1.84. The van der Waals surface area contributed by atoms with E-state index < -0.39 is 17.2 Å². The first-order chi connectivity index (χ1) is 9.03. The number of ether oxygens (including phenoxy) is 1. The number of benzene rings is 1. The van der Waals surface area contributed by atoms with Gasteiger partial charge in [-0.2, -0.15) is 0 Å². The van der Waals surface area contributed by atoms with Crippen LogP contribution in [0, 0.1) is 5.41 Å². The summed E-state index contributed by atoms with van der Waals surface area (Å²) in [5.74, 6) is -1.55. The molecule has 4 nitrogen and oxygen atoms in total. The van der Waals surface area contributed by atoms with Crippen LogP contribution in [-0.2, 0) is 14.3 Å². The first-order valence-corrected chi connectivity index (χ1v) is 6.46. The Balaban J connectivity index is 3.37. The van der Waals surface area contributed by atoms with Gasteiger partial charge in [0.2, 0.25) is 5.91 Å². The zero-order valence-electron chi connectivity index (χ0n) is 11.7. The van der Waals surface area contributed by atoms with E-state index in [1.54, 1.807) is 0 Å². The molecule has 4 heteroatoms. The maximum atomic E-state index is 12.2. The molecule has 1 aromatic rings. The highest BCUT2D eigenvalue weighted by molar-refractivity contribution is 5.91. The average molecular weight is 263 g/mol. The lowest BCUT2D eigenvalue weighted by atomic mass is 9.68. The molecule has 0 saturated heterocycles. The molecule has 0 saturated carbocycles. The predicted octanol–water partition coefficient (Wildman–Crippen LogP) is 2.23. The van der Waals surface area contributed by atoms with Crippen molar-refractivity contribution in [1.82, 2.24) is 0 Å². The summed E-state index contributed by atoms with van der Waals surface area (Å²) in [5.41, 5.74) is 5.40. The molecule has 0 heterocycles. The number of amides is 1. The Kier molecular flexibility index (Phi) is 5.10. The van der Waals surface area contributed by atoms with Gasteiger partial charge < -0.3 is 10.5 Å². The normalized spacial score (nSPS) is 12.8. The molecule has 1 rings (SSSR count). The van der Waals surface area contributed by atoms with Gasteiger partial charge in [-0.05, 0) is 18.4 Å². The molecule has 0 aliphatic carbocycles. The molecular weight excluding hydrogens is 242 g/mol. The van der Waals surface area contributed by atoms with E-state index in [1.807, 2.05) is 44.2 Å². The van der Waals surface area contributed by atoms with Crippen molar-refractivity contribution in [1.29, 1.82) is 0 Å². The summed E-state index contributed by atoms with van der Waals surface area (Å²) >= 11 is 0. The van der Waals surface area contributed by atoms with Gasteiger partial charge in [-0.1, -0.05) is 44.2 Å². The highest BCUT2D eigenvalue weighted by atomic mass is 16.5. The zero-order valence-corrected chi connectivity index (χ0v) is 11.7. The smallest absolute Gasteiger partial charge is 0.312 e. The molecule has 0 spiro atoms. The monoisotopic (exact) mass is 263 g/mol. The molecule has 104 valence electrons. The van der Waals surface area contributed by atoms with Gasteiger partial charge in [-0.3, -0.25) is 9.59 Å². The van der Waals surface area contributed by atoms with E-state index in [4.69, 9.17) is 10.5 Å². The van der Waals surface area contributed by atoms with Crippen molar-refractivity contribution in [2.45, 2.75) is 32.6 Å². The van der Waals surface area contributed by atoms with Crippen molar-refractivity contribution in [3.05, 3.63) is 35.9 Å². The van der Waals surface area contributed by atoms with Crippen LogP contribution in [-0.4, -0.2) is 19.0 Å². The van der Waals surface area contributed by atoms with Crippen LogP contribution < -0.4 is 5.73 Å². The standard InChI is InChI=1S/C15H21NO3/c1-4-15(5-2,14(18)19-3)12(13(16)17)11-9-7-6-8-10-11/h6-10,12H,4-5H2,1-3H3,(H2,16,17). The lowest BCUT2D eigenvalue weighted by Crippen LogP contribution is -2.43. The van der Waals surface area contributed by atoms with Gasteiger partial charge in [-0.15, -0.1) is 0 Å². The third-order valence-corrected chi connectivity index (χ3v) is 3.82. The minimum Gasteiger partial charge on any atom is -0.469 e. The molecule has 0 radical (unpaired) electrons. The van der Waals surface area contributed by atoms with Crippen molar-refractivity contribution in [3.8, 4) is 0 Å². The Morgan fingerprint density at radius 1 is 1.21 bits per heavy atom. The highest BCUT2D eigenvalue weighted by Gasteiger charge is 2.47. The second-order valence-electron chi connectivity index (χ2n) is 4.60. The van der Waals surface area contributed by atoms with Gasteiger partial charge in [0.1, 0.15) is 0 Å². The molecule has 19 heavy (non-hydrogen) atoms. The van der Waals surface area contributed by atoms with E-state index >= 15 is 0 Å². The summed E-state index contributed by atoms with van der Waals surface area (Å²) in [7, 11) is 1.34. The molecule has 1 atom stereocenters. The number of esters is 1. The molecule has 0 aliphatic rings. The van der Waals surface area contributed by atoms with Crippen molar-refractivity contribution >= 4 is 11.9 Å². The van der Waals surface area contributed by atoms with E-state index in [-0.39, 0.29) is 5.97 Å².